The molecule has 0 unspecified atom stereocenters. The summed E-state index contributed by atoms with van der Waals surface area (Å²) in [5.74, 6) is -0.0423. The van der Waals surface area contributed by atoms with Crippen LogP contribution in [0.4, 0.5) is 0 Å². The summed E-state index contributed by atoms with van der Waals surface area (Å²) in [6.07, 6.45) is 2.58. The number of rotatable bonds is 3. The van der Waals surface area contributed by atoms with Crippen molar-refractivity contribution in [2.45, 2.75) is 13.3 Å². The van der Waals surface area contributed by atoms with Gasteiger partial charge in [0.05, 0.1) is 6.21 Å². The maximum absolute atomic E-state index is 5.16. The summed E-state index contributed by atoms with van der Waals surface area (Å²) in [6.45, 7) is 2.08. The zero-order chi connectivity index (χ0) is 11.3. The van der Waals surface area contributed by atoms with Gasteiger partial charge in [0.25, 0.3) is 0 Å². The fourth-order valence-corrected chi connectivity index (χ4v) is 1.54. The molecule has 0 radical (unpaired) electrons. The highest BCUT2D eigenvalue weighted by Gasteiger charge is 1.98. The summed E-state index contributed by atoms with van der Waals surface area (Å²) < 4.78 is 1.01. The number of hydrogen-bond donors (Lipinski definition) is 2. The first-order chi connectivity index (χ1) is 7.13. The average molecular weight is 269 g/mol. The summed E-state index contributed by atoms with van der Waals surface area (Å²) in [4.78, 5) is 0. The molecule has 0 atom stereocenters. The molecule has 0 aromatic heterocycles. The molecule has 4 nitrogen and oxygen atoms in total. The standard InChI is InChI=1S/C10H13BrN4/c1-2-7-3-4-9(11)5-8(7)6-14-15-10(12)13/h3-6H,2H2,1H3,(H4,12,13,15). The molecule has 0 aliphatic rings. The first-order valence-electron chi connectivity index (χ1n) is 4.54. The van der Waals surface area contributed by atoms with Gasteiger partial charge in [-0.25, -0.2) is 0 Å². The van der Waals surface area contributed by atoms with Crippen molar-refractivity contribution in [2.24, 2.45) is 21.7 Å². The molecule has 0 fully saturated rings. The highest BCUT2D eigenvalue weighted by atomic mass is 79.9. The van der Waals surface area contributed by atoms with Crippen molar-refractivity contribution in [2.75, 3.05) is 0 Å². The van der Waals surface area contributed by atoms with E-state index < -0.39 is 0 Å². The summed E-state index contributed by atoms with van der Waals surface area (Å²) in [6, 6.07) is 6.02. The molecule has 5 heteroatoms. The zero-order valence-electron chi connectivity index (χ0n) is 8.44. The van der Waals surface area contributed by atoms with Crippen molar-refractivity contribution in [3.05, 3.63) is 33.8 Å². The second kappa shape index (κ2) is 5.50. The van der Waals surface area contributed by atoms with Gasteiger partial charge in [0.2, 0.25) is 5.96 Å². The number of hydrogen-bond acceptors (Lipinski definition) is 2. The third-order valence-electron chi connectivity index (χ3n) is 1.86. The molecule has 0 spiro atoms. The third kappa shape index (κ3) is 3.71. The van der Waals surface area contributed by atoms with E-state index >= 15 is 0 Å². The number of guanidine groups is 1. The van der Waals surface area contributed by atoms with Gasteiger partial charge < -0.3 is 11.5 Å². The Bertz CT molecular complexity index is 394. The van der Waals surface area contributed by atoms with E-state index in [1.807, 2.05) is 18.2 Å². The molecule has 0 heterocycles. The van der Waals surface area contributed by atoms with Crippen molar-refractivity contribution < 1.29 is 0 Å². The number of nitrogens with zero attached hydrogens (tertiary/aromatic N) is 2. The molecule has 15 heavy (non-hydrogen) atoms. The summed E-state index contributed by atoms with van der Waals surface area (Å²) in [5, 5.41) is 7.33. The topological polar surface area (TPSA) is 76.8 Å². The molecule has 80 valence electrons. The molecule has 1 rings (SSSR count). The smallest absolute Gasteiger partial charge is 0.211 e. The van der Waals surface area contributed by atoms with Crippen LogP contribution in [0, 0.1) is 0 Å². The number of halogens is 1. The molecular formula is C10H13BrN4. The van der Waals surface area contributed by atoms with E-state index in [2.05, 4.69) is 33.1 Å². The van der Waals surface area contributed by atoms with Gasteiger partial charge in [-0.1, -0.05) is 28.9 Å². The fourth-order valence-electron chi connectivity index (χ4n) is 1.17. The van der Waals surface area contributed by atoms with E-state index in [1.165, 1.54) is 5.56 Å². The molecule has 0 amide bonds. The molecule has 0 bridgehead atoms. The van der Waals surface area contributed by atoms with E-state index in [1.54, 1.807) is 6.21 Å². The number of aryl methyl sites for hydroxylation is 1. The summed E-state index contributed by atoms with van der Waals surface area (Å²) in [7, 11) is 0. The molecule has 1 aromatic rings. The Labute approximate surface area is 97.2 Å². The Hall–Kier alpha value is -1.36. The second-order valence-electron chi connectivity index (χ2n) is 2.97. The van der Waals surface area contributed by atoms with Gasteiger partial charge in [-0.05, 0) is 29.7 Å². The Morgan fingerprint density at radius 1 is 1.47 bits per heavy atom. The lowest BCUT2D eigenvalue weighted by Crippen LogP contribution is -2.21. The minimum atomic E-state index is -0.0423. The van der Waals surface area contributed by atoms with Gasteiger partial charge in [-0.15, -0.1) is 5.10 Å². The van der Waals surface area contributed by atoms with Crippen LogP contribution in [0.1, 0.15) is 18.1 Å². The van der Waals surface area contributed by atoms with Gasteiger partial charge in [-0.3, -0.25) is 0 Å². The Morgan fingerprint density at radius 3 is 2.80 bits per heavy atom. The number of benzene rings is 1. The van der Waals surface area contributed by atoms with Crippen LogP contribution in [0.25, 0.3) is 0 Å². The Morgan fingerprint density at radius 2 is 2.20 bits per heavy atom. The summed E-state index contributed by atoms with van der Waals surface area (Å²) in [5.41, 5.74) is 12.5. The fraction of sp³-hybridized carbons (Fsp3) is 0.200. The van der Waals surface area contributed by atoms with Crippen LogP contribution in [0.15, 0.2) is 32.9 Å². The third-order valence-corrected chi connectivity index (χ3v) is 2.35. The van der Waals surface area contributed by atoms with Crippen molar-refractivity contribution in [3.63, 3.8) is 0 Å². The first kappa shape index (κ1) is 11.7. The lowest BCUT2D eigenvalue weighted by atomic mass is 10.1. The highest BCUT2D eigenvalue weighted by molar-refractivity contribution is 9.10. The minimum absolute atomic E-state index is 0.0423. The quantitative estimate of drug-likeness (QED) is 0.497. The van der Waals surface area contributed by atoms with Crippen LogP contribution in [-0.4, -0.2) is 12.2 Å². The number of nitrogens with two attached hydrogens (primary N) is 2. The van der Waals surface area contributed by atoms with Crippen LogP contribution < -0.4 is 11.5 Å². The van der Waals surface area contributed by atoms with Crippen LogP contribution in [-0.2, 0) is 6.42 Å². The highest BCUT2D eigenvalue weighted by Crippen LogP contribution is 2.15. The van der Waals surface area contributed by atoms with Crippen LogP contribution in [0.2, 0.25) is 0 Å². The predicted molar refractivity (Wildman–Crippen MR) is 66.9 cm³/mol. The molecule has 4 N–H and O–H groups in total. The van der Waals surface area contributed by atoms with Gasteiger partial charge in [0.1, 0.15) is 0 Å². The van der Waals surface area contributed by atoms with Crippen molar-refractivity contribution in [3.8, 4) is 0 Å². The van der Waals surface area contributed by atoms with E-state index in [0.29, 0.717) is 0 Å². The predicted octanol–water partition coefficient (Wildman–Crippen LogP) is 1.62. The van der Waals surface area contributed by atoms with E-state index in [0.717, 1.165) is 16.5 Å². The molecule has 0 saturated heterocycles. The van der Waals surface area contributed by atoms with Gasteiger partial charge in [-0.2, -0.15) is 5.10 Å². The lowest BCUT2D eigenvalue weighted by Gasteiger charge is -2.02. The van der Waals surface area contributed by atoms with Gasteiger partial charge >= 0.3 is 0 Å². The molecule has 0 aliphatic heterocycles. The largest absolute Gasteiger partial charge is 0.369 e. The van der Waals surface area contributed by atoms with Crippen LogP contribution >= 0.6 is 15.9 Å². The summed E-state index contributed by atoms with van der Waals surface area (Å²) >= 11 is 3.40. The average Bonchev–Trinajstić information content (AvgIpc) is 2.17. The van der Waals surface area contributed by atoms with Crippen molar-refractivity contribution >= 4 is 28.1 Å². The Kier molecular flexibility index (Phi) is 4.30. The first-order valence-corrected chi connectivity index (χ1v) is 5.33. The molecular weight excluding hydrogens is 256 g/mol. The SMILES string of the molecule is CCc1ccc(Br)cc1C=NN=C(N)N. The molecule has 1 aromatic carbocycles. The maximum atomic E-state index is 5.16. The van der Waals surface area contributed by atoms with Crippen LogP contribution in [0.3, 0.4) is 0 Å². The zero-order valence-corrected chi connectivity index (χ0v) is 10.0. The second-order valence-corrected chi connectivity index (χ2v) is 3.88. The van der Waals surface area contributed by atoms with Crippen LogP contribution in [0.5, 0.6) is 0 Å². The van der Waals surface area contributed by atoms with Crippen molar-refractivity contribution in [1.82, 2.24) is 0 Å². The minimum Gasteiger partial charge on any atom is -0.369 e. The molecule has 0 aliphatic carbocycles. The van der Waals surface area contributed by atoms with Gasteiger partial charge in [0.15, 0.2) is 0 Å². The van der Waals surface area contributed by atoms with Crippen molar-refractivity contribution in [1.29, 1.82) is 0 Å². The lowest BCUT2D eigenvalue weighted by molar-refractivity contribution is 1.13. The van der Waals surface area contributed by atoms with E-state index in [4.69, 9.17) is 11.5 Å². The normalized spacial score (nSPS) is 10.5. The Balaban J connectivity index is 2.97. The monoisotopic (exact) mass is 268 g/mol. The van der Waals surface area contributed by atoms with E-state index in [9.17, 15) is 0 Å². The van der Waals surface area contributed by atoms with Gasteiger partial charge in [0, 0.05) is 4.47 Å². The van der Waals surface area contributed by atoms with E-state index in [-0.39, 0.29) is 5.96 Å². The maximum Gasteiger partial charge on any atom is 0.211 e. The molecule has 0 saturated carbocycles.